The molecule has 0 bridgehead atoms. The summed E-state index contributed by atoms with van der Waals surface area (Å²) in [6, 6.07) is 11.6. The minimum atomic E-state index is -0.662. The van der Waals surface area contributed by atoms with E-state index in [1.807, 2.05) is 0 Å². The van der Waals surface area contributed by atoms with E-state index in [2.05, 4.69) is 4.98 Å². The number of pyridine rings is 1. The Kier molecular flexibility index (Phi) is 4.53. The van der Waals surface area contributed by atoms with Crippen molar-refractivity contribution in [3.05, 3.63) is 58.4 Å². The summed E-state index contributed by atoms with van der Waals surface area (Å²) >= 11 is 0. The molecule has 0 radical (unpaired) electrons. The monoisotopic (exact) mass is 354 g/mol. The summed E-state index contributed by atoms with van der Waals surface area (Å²) in [7, 11) is 4.57. The number of aromatic amines is 1. The van der Waals surface area contributed by atoms with Gasteiger partial charge >= 0.3 is 0 Å². The number of anilines is 1. The van der Waals surface area contributed by atoms with Gasteiger partial charge in [-0.15, -0.1) is 0 Å². The Morgan fingerprint density at radius 2 is 1.65 bits per heavy atom. The van der Waals surface area contributed by atoms with E-state index in [-0.39, 0.29) is 11.3 Å². The van der Waals surface area contributed by atoms with Gasteiger partial charge < -0.3 is 24.5 Å². The van der Waals surface area contributed by atoms with Gasteiger partial charge in [-0.1, -0.05) is 0 Å². The first kappa shape index (κ1) is 17.3. The summed E-state index contributed by atoms with van der Waals surface area (Å²) in [6.07, 6.45) is 0. The molecule has 0 aliphatic rings. The molecule has 0 unspecified atom stereocenters. The number of aromatic hydroxyl groups is 1. The number of aromatic nitrogens is 1. The number of H-pyrrole nitrogens is 1. The first-order valence-corrected chi connectivity index (χ1v) is 7.81. The number of carbonyl (C=O) groups is 1. The summed E-state index contributed by atoms with van der Waals surface area (Å²) in [4.78, 5) is 29.1. The van der Waals surface area contributed by atoms with Crippen LogP contribution in [-0.4, -0.2) is 37.3 Å². The van der Waals surface area contributed by atoms with Crippen molar-refractivity contribution in [2.45, 2.75) is 0 Å². The first-order valence-electron chi connectivity index (χ1n) is 7.81. The highest BCUT2D eigenvalue weighted by molar-refractivity contribution is 6.10. The van der Waals surface area contributed by atoms with E-state index in [9.17, 15) is 14.7 Å². The molecule has 1 heterocycles. The number of nitrogens with one attached hydrogen (secondary N) is 1. The van der Waals surface area contributed by atoms with Crippen molar-refractivity contribution in [1.82, 2.24) is 4.98 Å². The van der Waals surface area contributed by atoms with Crippen molar-refractivity contribution in [2.75, 3.05) is 26.2 Å². The molecule has 134 valence electrons. The lowest BCUT2D eigenvalue weighted by Crippen LogP contribution is -2.31. The van der Waals surface area contributed by atoms with E-state index in [0.717, 1.165) is 0 Å². The number of carbonyl (C=O) groups excluding carboxylic acids is 1. The fourth-order valence-corrected chi connectivity index (χ4v) is 2.67. The van der Waals surface area contributed by atoms with Crippen molar-refractivity contribution >= 4 is 22.5 Å². The molecule has 1 amide bonds. The fourth-order valence-electron chi connectivity index (χ4n) is 2.67. The summed E-state index contributed by atoms with van der Waals surface area (Å²) in [5.41, 5.74) is -0.0214. The van der Waals surface area contributed by atoms with Crippen LogP contribution in [0.3, 0.4) is 0 Å². The second-order valence-corrected chi connectivity index (χ2v) is 5.65. The molecule has 0 aliphatic carbocycles. The van der Waals surface area contributed by atoms with Crippen LogP contribution < -0.4 is 19.9 Å². The molecule has 0 saturated carbocycles. The molecular formula is C19H18N2O5. The number of fused-ring (bicyclic) bond motifs is 1. The maximum Gasteiger partial charge on any atom is 0.267 e. The number of ether oxygens (including phenoxy) is 2. The predicted molar refractivity (Wildman–Crippen MR) is 98.5 cm³/mol. The Morgan fingerprint density at radius 1 is 1.04 bits per heavy atom. The smallest absolute Gasteiger partial charge is 0.267 e. The molecule has 3 aromatic rings. The number of amides is 1. The van der Waals surface area contributed by atoms with Gasteiger partial charge in [0.25, 0.3) is 11.5 Å². The number of nitrogens with zero attached hydrogens (tertiary/aromatic N) is 1. The van der Waals surface area contributed by atoms with Crippen LogP contribution in [0.15, 0.2) is 47.3 Å². The Labute approximate surface area is 149 Å². The summed E-state index contributed by atoms with van der Waals surface area (Å²) < 4.78 is 10.2. The Bertz CT molecular complexity index is 1020. The van der Waals surface area contributed by atoms with Crippen molar-refractivity contribution in [3.8, 4) is 17.2 Å². The number of methoxy groups -OCH3 is 2. The predicted octanol–water partition coefficient (Wildman–Crippen LogP) is 2.53. The second-order valence-electron chi connectivity index (χ2n) is 5.65. The molecule has 2 aromatic carbocycles. The van der Waals surface area contributed by atoms with E-state index >= 15 is 0 Å². The van der Waals surface area contributed by atoms with Crippen LogP contribution in [0.2, 0.25) is 0 Å². The third kappa shape index (κ3) is 2.95. The molecule has 0 saturated heterocycles. The lowest BCUT2D eigenvalue weighted by Gasteiger charge is -2.18. The molecule has 0 atom stereocenters. The van der Waals surface area contributed by atoms with Crippen molar-refractivity contribution in [2.24, 2.45) is 0 Å². The summed E-state index contributed by atoms with van der Waals surface area (Å²) in [6.45, 7) is 0. The molecule has 7 nitrogen and oxygen atoms in total. The van der Waals surface area contributed by atoms with Crippen LogP contribution in [-0.2, 0) is 0 Å². The molecule has 0 fully saturated rings. The van der Waals surface area contributed by atoms with Gasteiger partial charge in [0.05, 0.1) is 19.7 Å². The van der Waals surface area contributed by atoms with Crippen LogP contribution in [0.1, 0.15) is 10.4 Å². The normalized spacial score (nSPS) is 10.6. The number of rotatable bonds is 4. The zero-order valence-electron chi connectivity index (χ0n) is 14.6. The Balaban J connectivity index is 2.07. The SMILES string of the molecule is COc1ccc(N(C)C(=O)c2c(O)c3cc(OC)ccc3[nH]c2=O)cc1. The Hall–Kier alpha value is -3.48. The average molecular weight is 354 g/mol. The van der Waals surface area contributed by atoms with Gasteiger partial charge in [0.2, 0.25) is 0 Å². The molecule has 26 heavy (non-hydrogen) atoms. The zero-order valence-corrected chi connectivity index (χ0v) is 14.6. The number of hydrogen-bond acceptors (Lipinski definition) is 5. The number of hydrogen-bond donors (Lipinski definition) is 2. The fraction of sp³-hybridized carbons (Fsp3) is 0.158. The lowest BCUT2D eigenvalue weighted by molar-refractivity contribution is 0.0989. The largest absolute Gasteiger partial charge is 0.506 e. The van der Waals surface area contributed by atoms with Gasteiger partial charge in [-0.3, -0.25) is 9.59 Å². The molecular weight excluding hydrogens is 336 g/mol. The van der Waals surface area contributed by atoms with Gasteiger partial charge in [-0.2, -0.15) is 0 Å². The molecule has 7 heteroatoms. The van der Waals surface area contributed by atoms with E-state index in [0.29, 0.717) is 28.1 Å². The third-order valence-corrected chi connectivity index (χ3v) is 4.17. The van der Waals surface area contributed by atoms with Gasteiger partial charge in [0.1, 0.15) is 22.8 Å². The van der Waals surface area contributed by atoms with Gasteiger partial charge in [-0.05, 0) is 42.5 Å². The second kappa shape index (κ2) is 6.79. The van der Waals surface area contributed by atoms with E-state index in [1.54, 1.807) is 49.6 Å². The van der Waals surface area contributed by atoms with Crippen molar-refractivity contribution in [1.29, 1.82) is 0 Å². The maximum atomic E-state index is 12.8. The third-order valence-electron chi connectivity index (χ3n) is 4.17. The molecule has 2 N–H and O–H groups in total. The van der Waals surface area contributed by atoms with Crippen molar-refractivity contribution < 1.29 is 19.4 Å². The molecule has 0 aliphatic heterocycles. The van der Waals surface area contributed by atoms with E-state index < -0.39 is 11.5 Å². The highest BCUT2D eigenvalue weighted by Crippen LogP contribution is 2.29. The highest BCUT2D eigenvalue weighted by Gasteiger charge is 2.23. The first-order chi connectivity index (χ1) is 12.5. The van der Waals surface area contributed by atoms with Crippen LogP contribution in [0.25, 0.3) is 10.9 Å². The minimum Gasteiger partial charge on any atom is -0.506 e. The summed E-state index contributed by atoms with van der Waals surface area (Å²) in [5.74, 6) is 0.140. The van der Waals surface area contributed by atoms with Crippen LogP contribution in [0.4, 0.5) is 5.69 Å². The maximum absolute atomic E-state index is 12.8. The highest BCUT2D eigenvalue weighted by atomic mass is 16.5. The van der Waals surface area contributed by atoms with Gasteiger partial charge in [0.15, 0.2) is 0 Å². The van der Waals surface area contributed by atoms with Crippen molar-refractivity contribution in [3.63, 3.8) is 0 Å². The number of benzene rings is 2. The van der Waals surface area contributed by atoms with Gasteiger partial charge in [0, 0.05) is 18.1 Å². The van der Waals surface area contributed by atoms with Crippen LogP contribution in [0, 0.1) is 0 Å². The topological polar surface area (TPSA) is 91.9 Å². The zero-order chi connectivity index (χ0) is 18.8. The van der Waals surface area contributed by atoms with Crippen LogP contribution in [0.5, 0.6) is 17.2 Å². The molecule has 3 rings (SSSR count). The minimum absolute atomic E-state index is 0.329. The van der Waals surface area contributed by atoms with E-state index in [4.69, 9.17) is 9.47 Å². The summed E-state index contributed by atoms with van der Waals surface area (Å²) in [5, 5.41) is 10.9. The Morgan fingerprint density at radius 3 is 2.27 bits per heavy atom. The average Bonchev–Trinajstić information content (AvgIpc) is 2.67. The quantitative estimate of drug-likeness (QED) is 0.751. The molecule has 1 aromatic heterocycles. The molecule has 0 spiro atoms. The standard InChI is InChI=1S/C19H18N2O5/c1-21(11-4-6-12(25-2)7-5-11)19(24)16-17(22)14-10-13(26-3)8-9-15(14)20-18(16)23/h4-10H,1-3H3,(H2,20,22,23). The lowest BCUT2D eigenvalue weighted by atomic mass is 10.1. The van der Waals surface area contributed by atoms with Gasteiger partial charge in [-0.25, -0.2) is 0 Å². The van der Waals surface area contributed by atoms with Crippen LogP contribution >= 0.6 is 0 Å². The van der Waals surface area contributed by atoms with E-state index in [1.165, 1.54) is 19.1 Å².